The quantitative estimate of drug-likeness (QED) is 0.799. The van der Waals surface area contributed by atoms with E-state index in [0.29, 0.717) is 17.8 Å². The number of methoxy groups -OCH3 is 1. The second-order valence-corrected chi connectivity index (χ2v) is 6.44. The lowest BCUT2D eigenvalue weighted by molar-refractivity contribution is 0.0413. The summed E-state index contributed by atoms with van der Waals surface area (Å²) in [5, 5.41) is 0.696. The maximum atomic E-state index is 5.98. The first-order valence-electron chi connectivity index (χ1n) is 6.12. The van der Waals surface area contributed by atoms with E-state index in [4.69, 9.17) is 10.5 Å². The van der Waals surface area contributed by atoms with Gasteiger partial charge in [-0.1, -0.05) is 6.92 Å². The van der Waals surface area contributed by atoms with E-state index in [0.717, 1.165) is 19.6 Å². The van der Waals surface area contributed by atoms with Crippen molar-refractivity contribution >= 4 is 11.8 Å². The topological polar surface area (TPSA) is 38.5 Å². The third kappa shape index (κ3) is 3.13. The Balaban J connectivity index is 2.69. The van der Waals surface area contributed by atoms with Crippen LogP contribution in [0.15, 0.2) is 0 Å². The van der Waals surface area contributed by atoms with Crippen LogP contribution in [0.4, 0.5) is 0 Å². The third-order valence-corrected chi connectivity index (χ3v) is 5.20. The van der Waals surface area contributed by atoms with Gasteiger partial charge in [-0.25, -0.2) is 0 Å². The predicted octanol–water partition coefficient (Wildman–Crippen LogP) is 1.57. The number of ether oxygens (including phenoxy) is 1. The SMILES string of the molecule is COCCC(C)(CN)N1CCSC(C)C1C. The molecule has 1 fully saturated rings. The van der Waals surface area contributed by atoms with E-state index < -0.39 is 0 Å². The predicted molar refractivity (Wildman–Crippen MR) is 72.0 cm³/mol. The summed E-state index contributed by atoms with van der Waals surface area (Å²) in [6, 6.07) is 0.601. The Hall–Kier alpha value is 0.230. The average Bonchev–Trinajstić information content (AvgIpc) is 2.29. The summed E-state index contributed by atoms with van der Waals surface area (Å²) >= 11 is 2.07. The fraction of sp³-hybridized carbons (Fsp3) is 1.00. The first kappa shape index (κ1) is 14.3. The maximum Gasteiger partial charge on any atom is 0.0480 e. The van der Waals surface area contributed by atoms with Gasteiger partial charge in [-0.2, -0.15) is 11.8 Å². The van der Waals surface area contributed by atoms with Gasteiger partial charge < -0.3 is 10.5 Å². The van der Waals surface area contributed by atoms with Crippen molar-refractivity contribution in [3.05, 3.63) is 0 Å². The number of thioether (sulfide) groups is 1. The number of nitrogens with zero attached hydrogens (tertiary/aromatic N) is 1. The number of hydrogen-bond acceptors (Lipinski definition) is 4. The van der Waals surface area contributed by atoms with Crippen molar-refractivity contribution in [1.82, 2.24) is 4.90 Å². The molecule has 1 saturated heterocycles. The van der Waals surface area contributed by atoms with Crippen LogP contribution in [-0.2, 0) is 4.74 Å². The molecule has 96 valence electrons. The molecule has 1 rings (SSSR count). The third-order valence-electron chi connectivity index (χ3n) is 3.86. The first-order valence-corrected chi connectivity index (χ1v) is 7.17. The molecule has 0 spiro atoms. The summed E-state index contributed by atoms with van der Waals surface area (Å²) in [6.07, 6.45) is 1.02. The van der Waals surface area contributed by atoms with Gasteiger partial charge in [0.2, 0.25) is 0 Å². The van der Waals surface area contributed by atoms with E-state index in [-0.39, 0.29) is 5.54 Å². The molecule has 0 bridgehead atoms. The molecule has 4 heteroatoms. The van der Waals surface area contributed by atoms with Gasteiger partial charge in [0.1, 0.15) is 0 Å². The minimum Gasteiger partial charge on any atom is -0.385 e. The molecule has 0 radical (unpaired) electrons. The molecule has 16 heavy (non-hydrogen) atoms. The van der Waals surface area contributed by atoms with Crippen LogP contribution >= 0.6 is 11.8 Å². The smallest absolute Gasteiger partial charge is 0.0480 e. The van der Waals surface area contributed by atoms with Gasteiger partial charge in [0, 0.05) is 49.4 Å². The normalized spacial score (nSPS) is 31.3. The minimum absolute atomic E-state index is 0.0880. The van der Waals surface area contributed by atoms with Crippen LogP contribution in [-0.4, -0.2) is 54.3 Å². The lowest BCUT2D eigenvalue weighted by atomic mass is 9.93. The molecule has 0 saturated carbocycles. The van der Waals surface area contributed by atoms with Crippen LogP contribution < -0.4 is 5.73 Å². The molecule has 0 amide bonds. The zero-order valence-electron chi connectivity index (χ0n) is 11.0. The first-order chi connectivity index (χ1) is 7.55. The molecule has 1 heterocycles. The van der Waals surface area contributed by atoms with Crippen LogP contribution in [0.2, 0.25) is 0 Å². The van der Waals surface area contributed by atoms with Crippen molar-refractivity contribution < 1.29 is 4.74 Å². The van der Waals surface area contributed by atoms with Crippen molar-refractivity contribution in [3.63, 3.8) is 0 Å². The van der Waals surface area contributed by atoms with Crippen molar-refractivity contribution in [2.24, 2.45) is 5.73 Å². The fourth-order valence-corrected chi connectivity index (χ4v) is 3.48. The number of nitrogens with two attached hydrogens (primary N) is 1. The summed E-state index contributed by atoms with van der Waals surface area (Å²) in [4.78, 5) is 2.58. The number of hydrogen-bond donors (Lipinski definition) is 1. The van der Waals surface area contributed by atoms with Gasteiger partial charge in [-0.3, -0.25) is 4.90 Å². The molecule has 0 aromatic rings. The summed E-state index contributed by atoms with van der Waals surface area (Å²) < 4.78 is 5.20. The van der Waals surface area contributed by atoms with Crippen molar-refractivity contribution in [1.29, 1.82) is 0 Å². The van der Waals surface area contributed by atoms with Gasteiger partial charge >= 0.3 is 0 Å². The molecule has 3 nitrogen and oxygen atoms in total. The van der Waals surface area contributed by atoms with E-state index >= 15 is 0 Å². The molecular weight excluding hydrogens is 220 g/mol. The van der Waals surface area contributed by atoms with Gasteiger partial charge in [-0.05, 0) is 20.3 Å². The molecule has 1 aliphatic rings. The van der Waals surface area contributed by atoms with E-state index in [2.05, 4.69) is 37.4 Å². The van der Waals surface area contributed by atoms with E-state index in [1.54, 1.807) is 7.11 Å². The molecular formula is C12H26N2OS. The lowest BCUT2D eigenvalue weighted by Gasteiger charge is -2.48. The Morgan fingerprint density at radius 3 is 2.75 bits per heavy atom. The van der Waals surface area contributed by atoms with E-state index in [1.165, 1.54) is 5.75 Å². The minimum atomic E-state index is 0.0880. The highest BCUT2D eigenvalue weighted by Gasteiger charge is 2.37. The monoisotopic (exact) mass is 246 g/mol. The van der Waals surface area contributed by atoms with Crippen molar-refractivity contribution in [2.75, 3.05) is 32.6 Å². The summed E-state index contributed by atoms with van der Waals surface area (Å²) in [7, 11) is 1.76. The largest absolute Gasteiger partial charge is 0.385 e. The Bertz CT molecular complexity index is 215. The summed E-state index contributed by atoms with van der Waals surface area (Å²) in [5.74, 6) is 1.22. The Labute approximate surface area is 104 Å². The maximum absolute atomic E-state index is 5.98. The van der Waals surface area contributed by atoms with Gasteiger partial charge in [0.15, 0.2) is 0 Å². The molecule has 1 aliphatic heterocycles. The Morgan fingerprint density at radius 1 is 1.50 bits per heavy atom. The molecule has 3 atom stereocenters. The number of rotatable bonds is 5. The zero-order valence-corrected chi connectivity index (χ0v) is 11.8. The van der Waals surface area contributed by atoms with Crippen LogP contribution in [0.1, 0.15) is 27.2 Å². The van der Waals surface area contributed by atoms with Gasteiger partial charge in [0.05, 0.1) is 0 Å². The van der Waals surface area contributed by atoms with Crippen molar-refractivity contribution in [3.8, 4) is 0 Å². The van der Waals surface area contributed by atoms with E-state index in [9.17, 15) is 0 Å². The van der Waals surface area contributed by atoms with Crippen LogP contribution in [0.5, 0.6) is 0 Å². The van der Waals surface area contributed by atoms with E-state index in [1.807, 2.05) is 0 Å². The summed E-state index contributed by atoms with van der Waals surface area (Å²) in [5.41, 5.74) is 6.07. The molecule has 0 aromatic heterocycles. The highest BCUT2D eigenvalue weighted by molar-refractivity contribution is 8.00. The van der Waals surface area contributed by atoms with Crippen LogP contribution in [0, 0.1) is 0 Å². The molecule has 0 aromatic carbocycles. The highest BCUT2D eigenvalue weighted by Crippen LogP contribution is 2.31. The van der Waals surface area contributed by atoms with Gasteiger partial charge in [-0.15, -0.1) is 0 Å². The Morgan fingerprint density at radius 2 is 2.19 bits per heavy atom. The Kier molecular flexibility index (Phi) is 5.57. The highest BCUT2D eigenvalue weighted by atomic mass is 32.2. The van der Waals surface area contributed by atoms with Crippen molar-refractivity contribution in [2.45, 2.75) is 44.0 Å². The van der Waals surface area contributed by atoms with Crippen LogP contribution in [0.25, 0.3) is 0 Å². The molecule has 3 unspecified atom stereocenters. The zero-order chi connectivity index (χ0) is 12.2. The summed E-state index contributed by atoms with van der Waals surface area (Å²) in [6.45, 7) is 9.54. The molecule has 2 N–H and O–H groups in total. The fourth-order valence-electron chi connectivity index (χ4n) is 2.38. The van der Waals surface area contributed by atoms with Gasteiger partial charge in [0.25, 0.3) is 0 Å². The average molecular weight is 246 g/mol. The molecule has 0 aliphatic carbocycles. The second-order valence-electron chi connectivity index (χ2n) is 4.95. The second kappa shape index (κ2) is 6.24. The van der Waals surface area contributed by atoms with Crippen LogP contribution in [0.3, 0.4) is 0 Å². The lowest BCUT2D eigenvalue weighted by Crippen LogP contribution is -2.60. The standard InChI is InChI=1S/C12H26N2OS/c1-10-11(2)16-8-6-14(10)12(3,9-13)5-7-15-4/h10-11H,5-9,13H2,1-4H3.